The van der Waals surface area contributed by atoms with Crippen LogP contribution >= 0.6 is 22.7 Å². The van der Waals surface area contributed by atoms with Gasteiger partial charge in [0.15, 0.2) is 0 Å². The van der Waals surface area contributed by atoms with Gasteiger partial charge in [-0.1, -0.05) is 0 Å². The maximum absolute atomic E-state index is 10.6. The number of rotatable bonds is 6. The van der Waals surface area contributed by atoms with Gasteiger partial charge in [0.25, 0.3) is 0 Å². The van der Waals surface area contributed by atoms with Crippen molar-refractivity contribution < 1.29 is 9.90 Å². The Labute approximate surface area is 106 Å². The summed E-state index contributed by atoms with van der Waals surface area (Å²) < 4.78 is 0. The molecule has 1 atom stereocenters. The van der Waals surface area contributed by atoms with Crippen molar-refractivity contribution in [3.05, 3.63) is 33.2 Å². The van der Waals surface area contributed by atoms with Gasteiger partial charge in [-0.15, -0.1) is 22.7 Å². The summed E-state index contributed by atoms with van der Waals surface area (Å²) in [6.45, 7) is -0.0738. The predicted molar refractivity (Wildman–Crippen MR) is 66.3 cm³/mol. The summed E-state index contributed by atoms with van der Waals surface area (Å²) in [7, 11) is 0. The second kappa shape index (κ2) is 5.85. The van der Waals surface area contributed by atoms with Crippen LogP contribution in [-0.4, -0.2) is 27.6 Å². The van der Waals surface area contributed by atoms with E-state index >= 15 is 0 Å². The van der Waals surface area contributed by atoms with Crippen molar-refractivity contribution in [2.75, 3.05) is 6.54 Å². The lowest BCUT2D eigenvalue weighted by molar-refractivity contribution is -0.136. The standard InChI is InChI=1S/C10H11N3O2S2/c14-9(15)6-13-7(10-12-2-4-17-10)5-8-11-1-3-16-8/h1-4,7,13H,5-6H2,(H,14,15). The molecule has 0 aromatic carbocycles. The van der Waals surface area contributed by atoms with Gasteiger partial charge in [-0.3, -0.25) is 10.1 Å². The van der Waals surface area contributed by atoms with Crippen LogP contribution in [0.15, 0.2) is 23.2 Å². The van der Waals surface area contributed by atoms with Gasteiger partial charge in [-0.05, 0) is 0 Å². The number of aliphatic carboxylic acids is 1. The van der Waals surface area contributed by atoms with E-state index in [1.807, 2.05) is 10.8 Å². The van der Waals surface area contributed by atoms with Crippen LogP contribution in [0.25, 0.3) is 0 Å². The van der Waals surface area contributed by atoms with Crippen molar-refractivity contribution in [3.8, 4) is 0 Å². The number of nitrogens with zero attached hydrogens (tertiary/aromatic N) is 2. The van der Waals surface area contributed by atoms with E-state index in [0.29, 0.717) is 6.42 Å². The molecule has 17 heavy (non-hydrogen) atoms. The second-order valence-electron chi connectivity index (χ2n) is 3.33. The molecule has 7 heteroatoms. The minimum absolute atomic E-state index is 0.0738. The number of nitrogens with one attached hydrogen (secondary N) is 1. The van der Waals surface area contributed by atoms with Crippen molar-refractivity contribution >= 4 is 28.6 Å². The maximum atomic E-state index is 10.6. The first kappa shape index (κ1) is 12.2. The SMILES string of the molecule is O=C(O)CNC(Cc1nccs1)c1nccs1. The number of carboxylic acids is 1. The maximum Gasteiger partial charge on any atom is 0.317 e. The molecule has 0 amide bonds. The van der Waals surface area contributed by atoms with Crippen LogP contribution in [0.1, 0.15) is 16.1 Å². The molecule has 0 aliphatic carbocycles. The van der Waals surface area contributed by atoms with E-state index in [4.69, 9.17) is 5.11 Å². The first-order chi connectivity index (χ1) is 8.25. The highest BCUT2D eigenvalue weighted by molar-refractivity contribution is 7.10. The average Bonchev–Trinajstić information content (AvgIpc) is 2.96. The van der Waals surface area contributed by atoms with E-state index in [2.05, 4.69) is 15.3 Å². The van der Waals surface area contributed by atoms with Crippen LogP contribution in [0.5, 0.6) is 0 Å². The zero-order valence-corrected chi connectivity index (χ0v) is 10.5. The van der Waals surface area contributed by atoms with Gasteiger partial charge in [-0.25, -0.2) is 9.97 Å². The molecule has 0 spiro atoms. The molecule has 1 unspecified atom stereocenters. The highest BCUT2D eigenvalue weighted by Gasteiger charge is 2.16. The fourth-order valence-corrected chi connectivity index (χ4v) is 2.77. The number of hydrogen-bond donors (Lipinski definition) is 2. The lowest BCUT2D eigenvalue weighted by Gasteiger charge is -2.13. The number of hydrogen-bond acceptors (Lipinski definition) is 6. The van der Waals surface area contributed by atoms with Gasteiger partial charge in [0, 0.05) is 29.6 Å². The third-order valence-corrected chi connectivity index (χ3v) is 3.80. The summed E-state index contributed by atoms with van der Waals surface area (Å²) in [6, 6.07) is -0.0859. The monoisotopic (exact) mass is 269 g/mol. The summed E-state index contributed by atoms with van der Waals surface area (Å²) in [4.78, 5) is 19.0. The summed E-state index contributed by atoms with van der Waals surface area (Å²) in [6.07, 6.45) is 4.13. The Balaban J connectivity index is 2.04. The number of thiazole rings is 2. The van der Waals surface area contributed by atoms with E-state index in [1.165, 1.54) is 11.3 Å². The third kappa shape index (κ3) is 3.58. The molecule has 0 aliphatic heterocycles. The van der Waals surface area contributed by atoms with E-state index in [9.17, 15) is 4.79 Å². The van der Waals surface area contributed by atoms with Crippen LogP contribution in [-0.2, 0) is 11.2 Å². The molecule has 2 rings (SSSR count). The highest BCUT2D eigenvalue weighted by atomic mass is 32.1. The highest BCUT2D eigenvalue weighted by Crippen LogP contribution is 2.21. The van der Waals surface area contributed by atoms with Crippen LogP contribution in [0.3, 0.4) is 0 Å². The van der Waals surface area contributed by atoms with Crippen molar-refractivity contribution in [1.29, 1.82) is 0 Å². The Morgan fingerprint density at radius 1 is 1.35 bits per heavy atom. The first-order valence-corrected chi connectivity index (χ1v) is 6.74. The molecule has 5 nitrogen and oxygen atoms in total. The molecule has 2 aromatic rings. The normalized spacial score (nSPS) is 12.5. The molecular formula is C10H11N3O2S2. The molecule has 0 saturated carbocycles. The minimum Gasteiger partial charge on any atom is -0.480 e. The quantitative estimate of drug-likeness (QED) is 0.832. The summed E-state index contributed by atoms with van der Waals surface area (Å²) in [5.41, 5.74) is 0. The predicted octanol–water partition coefficient (Wildman–Crippen LogP) is 1.56. The molecule has 0 fully saturated rings. The van der Waals surface area contributed by atoms with Crippen molar-refractivity contribution in [3.63, 3.8) is 0 Å². The Hall–Kier alpha value is -1.31. The van der Waals surface area contributed by atoms with Gasteiger partial charge in [0.1, 0.15) is 5.01 Å². The smallest absolute Gasteiger partial charge is 0.317 e. The molecule has 0 radical (unpaired) electrons. The van der Waals surface area contributed by atoms with Crippen molar-refractivity contribution in [1.82, 2.24) is 15.3 Å². The molecule has 0 bridgehead atoms. The summed E-state index contributed by atoms with van der Waals surface area (Å²) >= 11 is 3.08. The molecule has 90 valence electrons. The van der Waals surface area contributed by atoms with Crippen LogP contribution in [0.2, 0.25) is 0 Å². The van der Waals surface area contributed by atoms with E-state index < -0.39 is 5.97 Å². The van der Waals surface area contributed by atoms with E-state index in [-0.39, 0.29) is 12.6 Å². The van der Waals surface area contributed by atoms with Gasteiger partial charge >= 0.3 is 5.97 Å². The Bertz CT molecular complexity index is 456. The molecule has 2 N–H and O–H groups in total. The number of aromatic nitrogens is 2. The van der Waals surface area contributed by atoms with Gasteiger partial charge in [0.2, 0.25) is 0 Å². The fourth-order valence-electron chi connectivity index (χ4n) is 1.39. The lowest BCUT2D eigenvalue weighted by Crippen LogP contribution is -2.28. The number of carbonyl (C=O) groups is 1. The van der Waals surface area contributed by atoms with Gasteiger partial charge < -0.3 is 5.11 Å². The van der Waals surface area contributed by atoms with Crippen LogP contribution < -0.4 is 5.32 Å². The fraction of sp³-hybridized carbons (Fsp3) is 0.300. The Morgan fingerprint density at radius 3 is 2.71 bits per heavy atom. The topological polar surface area (TPSA) is 75.1 Å². The zero-order chi connectivity index (χ0) is 12.1. The van der Waals surface area contributed by atoms with Crippen LogP contribution in [0.4, 0.5) is 0 Å². The van der Waals surface area contributed by atoms with Crippen LogP contribution in [0, 0.1) is 0 Å². The lowest BCUT2D eigenvalue weighted by atomic mass is 10.2. The number of carboxylic acid groups (broad SMARTS) is 1. The molecule has 2 heterocycles. The third-order valence-electron chi connectivity index (χ3n) is 2.11. The molecule has 2 aromatic heterocycles. The van der Waals surface area contributed by atoms with E-state index in [1.54, 1.807) is 23.7 Å². The minimum atomic E-state index is -0.870. The van der Waals surface area contributed by atoms with E-state index in [0.717, 1.165) is 10.0 Å². The summed E-state index contributed by atoms with van der Waals surface area (Å²) in [5.74, 6) is -0.870. The first-order valence-electron chi connectivity index (χ1n) is 4.98. The molecular weight excluding hydrogens is 258 g/mol. The van der Waals surface area contributed by atoms with Crippen molar-refractivity contribution in [2.24, 2.45) is 0 Å². The Morgan fingerprint density at radius 2 is 2.12 bits per heavy atom. The van der Waals surface area contributed by atoms with Gasteiger partial charge in [-0.2, -0.15) is 0 Å². The second-order valence-corrected chi connectivity index (χ2v) is 5.23. The van der Waals surface area contributed by atoms with Crippen molar-refractivity contribution in [2.45, 2.75) is 12.5 Å². The van der Waals surface area contributed by atoms with Gasteiger partial charge in [0.05, 0.1) is 17.6 Å². The largest absolute Gasteiger partial charge is 0.480 e. The zero-order valence-electron chi connectivity index (χ0n) is 8.87. The average molecular weight is 269 g/mol. The Kier molecular flexibility index (Phi) is 4.18. The molecule has 0 aliphatic rings. The molecule has 0 saturated heterocycles. The summed E-state index contributed by atoms with van der Waals surface area (Å²) in [5, 5.41) is 17.3.